The summed E-state index contributed by atoms with van der Waals surface area (Å²) >= 11 is -0.842. The average molecular weight is 570 g/mol. The fourth-order valence-electron chi connectivity index (χ4n) is 4.34. The number of allylic oxidation sites excluding steroid dienone is 8. The largest absolute Gasteiger partial charge is 1.00 e. The predicted octanol–water partition coefficient (Wildman–Crippen LogP) is 6.11. The third-order valence-corrected chi connectivity index (χ3v) is 11.9. The van der Waals surface area contributed by atoms with Crippen molar-refractivity contribution in [3.8, 4) is 0 Å². The molecule has 0 aliphatic heterocycles. The summed E-state index contributed by atoms with van der Waals surface area (Å²) in [6, 6.07) is 0. The van der Waals surface area contributed by atoms with Gasteiger partial charge in [-0.15, -0.1) is 0 Å². The summed E-state index contributed by atoms with van der Waals surface area (Å²) in [5.74, 6) is 0. The molecular formula is C26H43ClHf. The van der Waals surface area contributed by atoms with Crippen LogP contribution in [0, 0.1) is 0 Å². The molecule has 158 valence electrons. The first kappa shape index (κ1) is 26.2. The van der Waals surface area contributed by atoms with Gasteiger partial charge in [-0.3, -0.25) is 0 Å². The molecule has 0 aromatic carbocycles. The van der Waals surface area contributed by atoms with Crippen LogP contribution in [0.15, 0.2) is 41.1 Å². The number of halogens is 1. The summed E-state index contributed by atoms with van der Waals surface area (Å²) in [4.78, 5) is 0. The van der Waals surface area contributed by atoms with Gasteiger partial charge >= 0.3 is 182 Å². The SMILES string of the molecule is CCCCC1=CC[C]([Hf+2][C]2=C(CCCC)C(CCCC)=CC2)=C1CCCC.[Cl-].[H-]. The maximum atomic E-state index is 2.62. The molecule has 0 N–H and O–H groups in total. The van der Waals surface area contributed by atoms with Crippen molar-refractivity contribution in [1.29, 1.82) is 0 Å². The minimum absolute atomic E-state index is 0. The first-order chi connectivity index (χ1) is 13.2. The molecule has 0 spiro atoms. The van der Waals surface area contributed by atoms with Gasteiger partial charge in [0.1, 0.15) is 0 Å². The van der Waals surface area contributed by atoms with Crippen LogP contribution in [0.5, 0.6) is 0 Å². The second-order valence-electron chi connectivity index (χ2n) is 8.32. The molecule has 2 heteroatoms. The van der Waals surface area contributed by atoms with Crippen molar-refractivity contribution in [3.05, 3.63) is 41.1 Å². The molecule has 0 saturated carbocycles. The van der Waals surface area contributed by atoms with Gasteiger partial charge in [0.05, 0.1) is 0 Å². The molecule has 0 heterocycles. The van der Waals surface area contributed by atoms with Gasteiger partial charge in [-0.1, -0.05) is 0 Å². The molecule has 0 radical (unpaired) electrons. The van der Waals surface area contributed by atoms with Crippen LogP contribution in [0.1, 0.15) is 119 Å². The molecule has 0 atom stereocenters. The zero-order valence-electron chi connectivity index (χ0n) is 19.9. The Hall–Kier alpha value is 0.120. The van der Waals surface area contributed by atoms with Crippen LogP contribution in [0.25, 0.3) is 0 Å². The second-order valence-corrected chi connectivity index (χ2v) is 13.6. The molecule has 0 aromatic heterocycles. The van der Waals surface area contributed by atoms with Crippen LogP contribution < -0.4 is 12.4 Å². The van der Waals surface area contributed by atoms with Gasteiger partial charge in [-0.05, 0) is 0 Å². The molecule has 0 aromatic rings. The summed E-state index contributed by atoms with van der Waals surface area (Å²) in [5.41, 5.74) is 7.19. The summed E-state index contributed by atoms with van der Waals surface area (Å²) < 4.78 is 3.92. The molecule has 2 rings (SSSR count). The molecule has 0 fully saturated rings. The molecule has 0 bridgehead atoms. The van der Waals surface area contributed by atoms with Crippen LogP contribution in [0.4, 0.5) is 0 Å². The van der Waals surface area contributed by atoms with Crippen molar-refractivity contribution >= 4 is 0 Å². The molecular weight excluding hydrogens is 526 g/mol. The third kappa shape index (κ3) is 7.75. The van der Waals surface area contributed by atoms with Gasteiger partial charge < -0.3 is 13.8 Å². The van der Waals surface area contributed by atoms with Gasteiger partial charge in [0.25, 0.3) is 0 Å². The van der Waals surface area contributed by atoms with E-state index in [1.54, 1.807) is 11.1 Å². The van der Waals surface area contributed by atoms with Gasteiger partial charge in [0.15, 0.2) is 0 Å². The maximum absolute atomic E-state index is 2.62. The Labute approximate surface area is 194 Å². The van der Waals surface area contributed by atoms with E-state index < -0.39 is 22.9 Å². The molecule has 2 aliphatic carbocycles. The third-order valence-electron chi connectivity index (χ3n) is 6.07. The Morgan fingerprint density at radius 1 is 0.643 bits per heavy atom. The number of hydrogen-bond acceptors (Lipinski definition) is 0. The Morgan fingerprint density at radius 3 is 1.36 bits per heavy atom. The van der Waals surface area contributed by atoms with E-state index in [4.69, 9.17) is 0 Å². The van der Waals surface area contributed by atoms with Crippen molar-refractivity contribution in [3.63, 3.8) is 0 Å². The van der Waals surface area contributed by atoms with E-state index in [9.17, 15) is 0 Å². The zero-order chi connectivity index (χ0) is 19.5. The normalized spacial score (nSPS) is 16.3. The van der Waals surface area contributed by atoms with Gasteiger partial charge in [-0.2, -0.15) is 0 Å². The fourth-order valence-corrected chi connectivity index (χ4v) is 10.2. The van der Waals surface area contributed by atoms with Gasteiger partial charge in [-0.25, -0.2) is 0 Å². The van der Waals surface area contributed by atoms with Crippen molar-refractivity contribution < 1.29 is 36.7 Å². The summed E-state index contributed by atoms with van der Waals surface area (Å²) in [7, 11) is 0. The topological polar surface area (TPSA) is 0 Å². The van der Waals surface area contributed by atoms with Crippen LogP contribution in [-0.4, -0.2) is 0 Å². The first-order valence-electron chi connectivity index (χ1n) is 11.8. The fraction of sp³-hybridized carbons (Fsp3) is 0.692. The number of rotatable bonds is 14. The van der Waals surface area contributed by atoms with E-state index in [0.717, 1.165) is 0 Å². The van der Waals surface area contributed by atoms with E-state index in [1.165, 1.54) is 89.9 Å². The Morgan fingerprint density at radius 2 is 1.00 bits per heavy atom. The first-order valence-corrected chi connectivity index (χ1v) is 15.4. The standard InChI is InChI=1S/2C13H21.ClH.Hf.H/c2*1-3-5-8-12-10-7-11-13(12)9-6-4-2;;;/h2*10H,3-9H2,1-2H3;1H;;/q;;;+2;-1/p-1. The van der Waals surface area contributed by atoms with E-state index in [1.807, 2.05) is 17.8 Å². The summed E-state index contributed by atoms with van der Waals surface area (Å²) in [6.45, 7) is 9.35. The summed E-state index contributed by atoms with van der Waals surface area (Å²) in [6.07, 6.45) is 24.1. The monoisotopic (exact) mass is 570 g/mol. The molecule has 2 aliphatic rings. The Balaban J connectivity index is 0.00000392. The molecule has 28 heavy (non-hydrogen) atoms. The number of hydrogen-bond donors (Lipinski definition) is 0. The Bertz CT molecular complexity index is 546. The van der Waals surface area contributed by atoms with E-state index in [2.05, 4.69) is 39.8 Å². The zero-order valence-corrected chi connectivity index (χ0v) is 23.3. The van der Waals surface area contributed by atoms with Crippen molar-refractivity contribution in [2.24, 2.45) is 0 Å². The van der Waals surface area contributed by atoms with Crippen LogP contribution in [0.2, 0.25) is 0 Å². The number of unbranched alkanes of at least 4 members (excludes halogenated alkanes) is 4. The van der Waals surface area contributed by atoms with Crippen molar-refractivity contribution in [1.82, 2.24) is 0 Å². The van der Waals surface area contributed by atoms with Crippen molar-refractivity contribution in [2.75, 3.05) is 0 Å². The summed E-state index contributed by atoms with van der Waals surface area (Å²) in [5, 5.41) is 0. The smallest absolute Gasteiger partial charge is 1.00 e. The van der Waals surface area contributed by atoms with Gasteiger partial charge in [0, 0.05) is 0 Å². The van der Waals surface area contributed by atoms with Crippen molar-refractivity contribution in [2.45, 2.75) is 118 Å². The molecule has 0 saturated heterocycles. The van der Waals surface area contributed by atoms with Crippen LogP contribution in [0.3, 0.4) is 0 Å². The molecule has 0 amide bonds. The van der Waals surface area contributed by atoms with Gasteiger partial charge in [0.2, 0.25) is 0 Å². The van der Waals surface area contributed by atoms with Crippen LogP contribution in [-0.2, 0) is 22.9 Å². The van der Waals surface area contributed by atoms with E-state index >= 15 is 0 Å². The maximum Gasteiger partial charge on any atom is -1.00 e. The minimum Gasteiger partial charge on any atom is -1.00 e. The van der Waals surface area contributed by atoms with E-state index in [-0.39, 0.29) is 13.8 Å². The predicted molar refractivity (Wildman–Crippen MR) is 119 cm³/mol. The molecule has 0 nitrogen and oxygen atoms in total. The average Bonchev–Trinajstić information content (AvgIpc) is 3.25. The minimum atomic E-state index is -0.842. The molecule has 0 unspecified atom stereocenters. The van der Waals surface area contributed by atoms with E-state index in [0.29, 0.717) is 0 Å². The second kappa shape index (κ2) is 15.0. The Kier molecular flexibility index (Phi) is 14.0. The quantitative estimate of drug-likeness (QED) is 0.222. The van der Waals surface area contributed by atoms with Crippen LogP contribution >= 0.6 is 0 Å².